The zero-order valence-corrected chi connectivity index (χ0v) is 21.9. The maximum Gasteiger partial charge on any atom is 0.227 e. The largest absolute Gasteiger partial charge is 0.356 e. The lowest BCUT2D eigenvalue weighted by atomic mass is 9.95. The van der Waals surface area contributed by atoms with E-state index >= 15 is 0 Å². The smallest absolute Gasteiger partial charge is 0.227 e. The second-order valence-corrected chi connectivity index (χ2v) is 10.3. The van der Waals surface area contributed by atoms with Crippen LogP contribution in [0.2, 0.25) is 0 Å². The summed E-state index contributed by atoms with van der Waals surface area (Å²) < 4.78 is 14.3. The Kier molecular flexibility index (Phi) is 7.10. The number of rotatable bonds is 6. The molecule has 0 saturated carbocycles. The Morgan fingerprint density at radius 3 is 2.38 bits per heavy atom. The highest BCUT2D eigenvalue weighted by molar-refractivity contribution is 7.13. The first-order chi connectivity index (χ1) is 19.2. The van der Waals surface area contributed by atoms with Crippen LogP contribution in [-0.2, 0) is 4.79 Å². The molecule has 6 nitrogen and oxygen atoms in total. The van der Waals surface area contributed by atoms with Crippen LogP contribution < -0.4 is 10.2 Å². The molecule has 1 aliphatic heterocycles. The number of halogens is 1. The molecule has 194 valence electrons. The first-order valence-electron chi connectivity index (χ1n) is 12.9. The van der Waals surface area contributed by atoms with Crippen molar-refractivity contribution >= 4 is 28.7 Å². The summed E-state index contributed by atoms with van der Waals surface area (Å²) in [5.41, 5.74) is 4.64. The number of amides is 1. The second kappa shape index (κ2) is 11.1. The molecule has 0 spiro atoms. The van der Waals surface area contributed by atoms with Gasteiger partial charge in [-0.15, -0.1) is 11.3 Å². The highest BCUT2D eigenvalue weighted by atomic mass is 32.1. The summed E-state index contributed by atoms with van der Waals surface area (Å²) in [7, 11) is 0. The van der Waals surface area contributed by atoms with E-state index < -0.39 is 0 Å². The van der Waals surface area contributed by atoms with E-state index in [0.29, 0.717) is 22.0 Å². The van der Waals surface area contributed by atoms with Gasteiger partial charge in [-0.05, 0) is 31.0 Å². The van der Waals surface area contributed by atoms with Gasteiger partial charge in [0.05, 0.1) is 17.1 Å². The van der Waals surface area contributed by atoms with Gasteiger partial charge in [-0.3, -0.25) is 4.79 Å². The Labute approximate surface area is 230 Å². The molecule has 0 aliphatic carbocycles. The Balaban J connectivity index is 1.12. The van der Waals surface area contributed by atoms with E-state index in [1.807, 2.05) is 66.0 Å². The van der Waals surface area contributed by atoms with E-state index in [-0.39, 0.29) is 17.6 Å². The third-order valence-electron chi connectivity index (χ3n) is 6.98. The van der Waals surface area contributed by atoms with E-state index in [9.17, 15) is 9.18 Å². The van der Waals surface area contributed by atoms with E-state index in [0.717, 1.165) is 48.6 Å². The Morgan fingerprint density at radius 1 is 0.872 bits per heavy atom. The zero-order valence-electron chi connectivity index (χ0n) is 21.1. The molecule has 0 atom stereocenters. The first-order valence-corrected chi connectivity index (χ1v) is 13.8. The van der Waals surface area contributed by atoms with E-state index in [2.05, 4.69) is 25.2 Å². The van der Waals surface area contributed by atoms with Crippen molar-refractivity contribution in [3.05, 3.63) is 102 Å². The van der Waals surface area contributed by atoms with Gasteiger partial charge in [-0.25, -0.2) is 19.3 Å². The standard InChI is InChI=1S/C31H26FN5OS/c32-25-12-6-4-10-23(25)31-36-28(19-39-31)24-11-5-7-13-26(24)35-30(38)22-14-16-37(17-15-22)29-18-27(33-20-34-29)21-8-2-1-3-9-21/h1-13,18-20,22H,14-17H2,(H,35,38). The molecule has 6 rings (SSSR count). The van der Waals surface area contributed by atoms with Crippen molar-refractivity contribution in [3.63, 3.8) is 0 Å². The van der Waals surface area contributed by atoms with Gasteiger partial charge in [0, 0.05) is 47.1 Å². The van der Waals surface area contributed by atoms with Gasteiger partial charge in [-0.1, -0.05) is 60.7 Å². The average Bonchev–Trinajstić information content (AvgIpc) is 3.48. The van der Waals surface area contributed by atoms with Crippen LogP contribution in [0.1, 0.15) is 12.8 Å². The van der Waals surface area contributed by atoms with Crippen LogP contribution in [0.5, 0.6) is 0 Å². The third-order valence-corrected chi connectivity index (χ3v) is 7.86. The number of hydrogen-bond donors (Lipinski definition) is 1. The Bertz CT molecular complexity index is 1600. The molecule has 0 bridgehead atoms. The molecule has 1 N–H and O–H groups in total. The summed E-state index contributed by atoms with van der Waals surface area (Å²) in [6, 6.07) is 26.3. The second-order valence-electron chi connectivity index (χ2n) is 9.44. The average molecular weight is 536 g/mol. The lowest BCUT2D eigenvalue weighted by Crippen LogP contribution is -2.38. The van der Waals surface area contributed by atoms with Crippen molar-refractivity contribution in [3.8, 4) is 33.1 Å². The SMILES string of the molecule is O=C(Nc1ccccc1-c1csc(-c2ccccc2F)n1)C1CCN(c2cc(-c3ccccc3)ncn2)CC1. The fraction of sp³-hybridized carbons (Fsp3) is 0.161. The highest BCUT2D eigenvalue weighted by Crippen LogP contribution is 2.34. The van der Waals surface area contributed by atoms with E-state index in [1.54, 1.807) is 24.5 Å². The van der Waals surface area contributed by atoms with E-state index in [4.69, 9.17) is 0 Å². The van der Waals surface area contributed by atoms with Gasteiger partial charge in [0.15, 0.2) is 0 Å². The number of nitrogens with one attached hydrogen (secondary N) is 1. The Hall–Kier alpha value is -4.43. The van der Waals surface area contributed by atoms with Crippen molar-refractivity contribution in [1.82, 2.24) is 15.0 Å². The van der Waals surface area contributed by atoms with Gasteiger partial charge in [0.2, 0.25) is 5.91 Å². The molecule has 8 heteroatoms. The fourth-order valence-corrected chi connectivity index (χ4v) is 5.71. The summed E-state index contributed by atoms with van der Waals surface area (Å²) in [6.07, 6.45) is 3.06. The normalized spacial score (nSPS) is 13.8. The molecule has 39 heavy (non-hydrogen) atoms. The number of benzene rings is 3. The highest BCUT2D eigenvalue weighted by Gasteiger charge is 2.26. The predicted octanol–water partition coefficient (Wildman–Crippen LogP) is 6.93. The molecule has 1 fully saturated rings. The van der Waals surface area contributed by atoms with Crippen LogP contribution in [0.15, 0.2) is 96.6 Å². The lowest BCUT2D eigenvalue weighted by molar-refractivity contribution is -0.120. The number of thiazole rings is 1. The molecule has 1 amide bonds. The van der Waals surface area contributed by atoms with Crippen molar-refractivity contribution in [2.24, 2.45) is 5.92 Å². The molecule has 3 aromatic carbocycles. The van der Waals surface area contributed by atoms with Crippen molar-refractivity contribution < 1.29 is 9.18 Å². The minimum absolute atomic E-state index is 0.000631. The molecule has 0 radical (unpaired) electrons. The topological polar surface area (TPSA) is 71.0 Å². The van der Waals surface area contributed by atoms with Crippen molar-refractivity contribution in [2.75, 3.05) is 23.3 Å². The number of carbonyl (C=O) groups excluding carboxylic acids is 1. The summed E-state index contributed by atoms with van der Waals surface area (Å²) >= 11 is 1.39. The number of aromatic nitrogens is 3. The molecule has 1 saturated heterocycles. The molecule has 5 aromatic rings. The number of piperidine rings is 1. The monoisotopic (exact) mass is 535 g/mol. The minimum atomic E-state index is -0.301. The maximum absolute atomic E-state index is 14.3. The summed E-state index contributed by atoms with van der Waals surface area (Å²) in [5.74, 6) is 0.472. The first kappa shape index (κ1) is 24.9. The summed E-state index contributed by atoms with van der Waals surface area (Å²) in [5, 5.41) is 5.64. The van der Waals surface area contributed by atoms with Gasteiger partial charge in [-0.2, -0.15) is 0 Å². The van der Waals surface area contributed by atoms with Crippen LogP contribution in [-0.4, -0.2) is 33.9 Å². The van der Waals surface area contributed by atoms with Crippen LogP contribution in [0.3, 0.4) is 0 Å². The summed E-state index contributed by atoms with van der Waals surface area (Å²) in [4.78, 5) is 29.1. The molecule has 2 aromatic heterocycles. The number of anilines is 2. The van der Waals surface area contributed by atoms with Crippen molar-refractivity contribution in [1.29, 1.82) is 0 Å². The van der Waals surface area contributed by atoms with Gasteiger partial charge in [0.1, 0.15) is 23.0 Å². The number of nitrogens with zero attached hydrogens (tertiary/aromatic N) is 4. The van der Waals surface area contributed by atoms with Gasteiger partial charge >= 0.3 is 0 Å². The molecule has 1 aliphatic rings. The molecular formula is C31H26FN5OS. The van der Waals surface area contributed by atoms with Crippen molar-refractivity contribution in [2.45, 2.75) is 12.8 Å². The molecular weight excluding hydrogens is 509 g/mol. The van der Waals surface area contributed by atoms with Crippen LogP contribution >= 0.6 is 11.3 Å². The maximum atomic E-state index is 14.3. The lowest BCUT2D eigenvalue weighted by Gasteiger charge is -2.32. The third kappa shape index (κ3) is 5.42. The molecule has 3 heterocycles. The minimum Gasteiger partial charge on any atom is -0.356 e. The fourth-order valence-electron chi connectivity index (χ4n) is 4.86. The Morgan fingerprint density at radius 2 is 1.59 bits per heavy atom. The summed E-state index contributed by atoms with van der Waals surface area (Å²) in [6.45, 7) is 1.48. The van der Waals surface area contributed by atoms with Crippen LogP contribution in [0, 0.1) is 11.7 Å². The molecule has 0 unspecified atom stereocenters. The van der Waals surface area contributed by atoms with Gasteiger partial charge in [0.25, 0.3) is 0 Å². The predicted molar refractivity (Wildman–Crippen MR) is 154 cm³/mol. The quantitative estimate of drug-likeness (QED) is 0.255. The van der Waals surface area contributed by atoms with Gasteiger partial charge < -0.3 is 10.2 Å². The van der Waals surface area contributed by atoms with Crippen LogP contribution in [0.25, 0.3) is 33.1 Å². The number of hydrogen-bond acceptors (Lipinski definition) is 6. The number of para-hydroxylation sites is 1. The zero-order chi connectivity index (χ0) is 26.6. The van der Waals surface area contributed by atoms with E-state index in [1.165, 1.54) is 17.4 Å². The van der Waals surface area contributed by atoms with Crippen LogP contribution in [0.4, 0.5) is 15.9 Å². The number of carbonyl (C=O) groups is 1.